The van der Waals surface area contributed by atoms with Crippen molar-refractivity contribution < 1.29 is 19.1 Å². The summed E-state index contributed by atoms with van der Waals surface area (Å²) in [4.78, 5) is 40.0. The summed E-state index contributed by atoms with van der Waals surface area (Å²) in [7, 11) is 0. The fourth-order valence-corrected chi connectivity index (χ4v) is 4.47. The minimum atomic E-state index is -0.374. The number of hydrogen-bond donors (Lipinski definition) is 3. The Morgan fingerprint density at radius 1 is 0.935 bits per heavy atom. The van der Waals surface area contributed by atoms with Gasteiger partial charge in [0.05, 0.1) is 6.54 Å². The molecule has 0 radical (unpaired) electrons. The van der Waals surface area contributed by atoms with Crippen molar-refractivity contribution in [3.8, 4) is 0 Å². The minimum Gasteiger partial charge on any atom is -0.447 e. The third-order valence-corrected chi connectivity index (χ3v) is 6.23. The summed E-state index contributed by atoms with van der Waals surface area (Å²) in [5.41, 5.74) is 1.30. The van der Waals surface area contributed by atoms with E-state index in [2.05, 4.69) is 16.0 Å². The van der Waals surface area contributed by atoms with Gasteiger partial charge in [0.25, 0.3) is 0 Å². The topological polar surface area (TPSA) is 103 Å². The first-order chi connectivity index (χ1) is 15.1. The number of ether oxygens (including phenoxy) is 1. The van der Waals surface area contributed by atoms with Crippen LogP contribution in [-0.2, 0) is 4.74 Å². The second kappa shape index (κ2) is 9.89. The summed E-state index contributed by atoms with van der Waals surface area (Å²) in [5.74, 6) is 0. The summed E-state index contributed by atoms with van der Waals surface area (Å²) in [6.07, 6.45) is 6.88. The lowest BCUT2D eigenvalue weighted by Crippen LogP contribution is -2.52. The molecule has 0 bridgehead atoms. The molecule has 0 spiro atoms. The SMILES string of the molecule is O=C(Nc1cccc(N2CCOC2=O)c1)NC1CCN(C(=O)NC2CCCCC2)CC1. The molecule has 168 valence electrons. The van der Waals surface area contributed by atoms with Gasteiger partial charge >= 0.3 is 18.2 Å². The number of carbonyl (C=O) groups is 3. The molecule has 2 aliphatic heterocycles. The summed E-state index contributed by atoms with van der Waals surface area (Å²) < 4.78 is 4.96. The summed E-state index contributed by atoms with van der Waals surface area (Å²) in [6, 6.07) is 7.20. The normalized spacial score (nSPS) is 20.3. The molecule has 1 aromatic rings. The maximum Gasteiger partial charge on any atom is 0.414 e. The van der Waals surface area contributed by atoms with Crippen molar-refractivity contribution in [3.63, 3.8) is 0 Å². The first-order valence-electron chi connectivity index (χ1n) is 11.3. The third-order valence-electron chi connectivity index (χ3n) is 6.23. The molecule has 3 aliphatic rings. The van der Waals surface area contributed by atoms with Crippen LogP contribution in [0.15, 0.2) is 24.3 Å². The van der Waals surface area contributed by atoms with Crippen molar-refractivity contribution >= 4 is 29.5 Å². The summed E-state index contributed by atoms with van der Waals surface area (Å²) in [5, 5.41) is 8.99. The van der Waals surface area contributed by atoms with Gasteiger partial charge in [0.15, 0.2) is 0 Å². The molecule has 0 atom stereocenters. The number of rotatable bonds is 4. The van der Waals surface area contributed by atoms with Gasteiger partial charge in [-0.15, -0.1) is 0 Å². The zero-order chi connectivity index (χ0) is 21.6. The molecular weight excluding hydrogens is 398 g/mol. The molecule has 2 saturated heterocycles. The first kappa shape index (κ1) is 21.3. The number of piperidine rings is 1. The van der Waals surface area contributed by atoms with Crippen molar-refractivity contribution in [2.75, 3.05) is 36.5 Å². The Kier molecular flexibility index (Phi) is 6.79. The maximum atomic E-state index is 12.5. The maximum absolute atomic E-state index is 12.5. The number of hydrogen-bond acceptors (Lipinski definition) is 4. The van der Waals surface area contributed by atoms with Gasteiger partial charge < -0.3 is 25.6 Å². The number of nitrogens with zero attached hydrogens (tertiary/aromatic N) is 2. The smallest absolute Gasteiger partial charge is 0.414 e. The Balaban J connectivity index is 1.21. The van der Waals surface area contributed by atoms with Gasteiger partial charge in [0, 0.05) is 36.5 Å². The van der Waals surface area contributed by atoms with E-state index in [1.807, 2.05) is 11.0 Å². The highest BCUT2D eigenvalue weighted by atomic mass is 16.6. The molecule has 9 nitrogen and oxygen atoms in total. The van der Waals surface area contributed by atoms with E-state index in [1.165, 1.54) is 24.2 Å². The van der Waals surface area contributed by atoms with Crippen molar-refractivity contribution in [1.29, 1.82) is 0 Å². The number of carbonyl (C=O) groups excluding carboxylic acids is 3. The molecule has 31 heavy (non-hydrogen) atoms. The van der Waals surface area contributed by atoms with Gasteiger partial charge in [0.1, 0.15) is 6.61 Å². The van der Waals surface area contributed by atoms with E-state index in [0.29, 0.717) is 43.7 Å². The van der Waals surface area contributed by atoms with E-state index in [0.717, 1.165) is 25.7 Å². The largest absolute Gasteiger partial charge is 0.447 e. The van der Waals surface area contributed by atoms with Crippen LogP contribution >= 0.6 is 0 Å². The molecule has 5 amide bonds. The van der Waals surface area contributed by atoms with Gasteiger partial charge in [0.2, 0.25) is 0 Å². The molecule has 2 heterocycles. The number of anilines is 2. The molecule has 3 fully saturated rings. The molecule has 3 N–H and O–H groups in total. The molecule has 0 aromatic heterocycles. The molecule has 1 saturated carbocycles. The number of urea groups is 2. The molecule has 0 unspecified atom stereocenters. The van der Waals surface area contributed by atoms with Crippen molar-refractivity contribution in [1.82, 2.24) is 15.5 Å². The lowest BCUT2D eigenvalue weighted by molar-refractivity contribution is 0.170. The second-order valence-corrected chi connectivity index (χ2v) is 8.46. The number of amides is 5. The highest BCUT2D eigenvalue weighted by molar-refractivity contribution is 5.93. The van der Waals surface area contributed by atoms with Gasteiger partial charge in [-0.25, -0.2) is 14.4 Å². The molecule has 4 rings (SSSR count). The van der Waals surface area contributed by atoms with Crippen LogP contribution in [0.1, 0.15) is 44.9 Å². The molecule has 1 aromatic carbocycles. The van der Waals surface area contributed by atoms with Crippen LogP contribution in [0.3, 0.4) is 0 Å². The number of cyclic esters (lactones) is 1. The quantitative estimate of drug-likeness (QED) is 0.683. The van der Waals surface area contributed by atoms with E-state index in [-0.39, 0.29) is 24.2 Å². The van der Waals surface area contributed by atoms with Crippen LogP contribution in [0.4, 0.5) is 25.8 Å². The van der Waals surface area contributed by atoms with E-state index >= 15 is 0 Å². The second-order valence-electron chi connectivity index (χ2n) is 8.46. The summed E-state index contributed by atoms with van der Waals surface area (Å²) in [6.45, 7) is 2.14. The Labute approximate surface area is 182 Å². The highest BCUT2D eigenvalue weighted by Crippen LogP contribution is 2.23. The predicted octanol–water partition coefficient (Wildman–Crippen LogP) is 3.27. The zero-order valence-corrected chi connectivity index (χ0v) is 17.8. The zero-order valence-electron chi connectivity index (χ0n) is 17.8. The van der Waals surface area contributed by atoms with E-state index in [9.17, 15) is 14.4 Å². The summed E-state index contributed by atoms with van der Waals surface area (Å²) >= 11 is 0. The average molecular weight is 430 g/mol. The van der Waals surface area contributed by atoms with Gasteiger partial charge in [-0.2, -0.15) is 0 Å². The Hall–Kier alpha value is -2.97. The van der Waals surface area contributed by atoms with Gasteiger partial charge in [-0.3, -0.25) is 4.90 Å². The van der Waals surface area contributed by atoms with Crippen LogP contribution in [0.2, 0.25) is 0 Å². The predicted molar refractivity (Wildman–Crippen MR) is 117 cm³/mol. The van der Waals surface area contributed by atoms with Crippen LogP contribution in [0.5, 0.6) is 0 Å². The van der Waals surface area contributed by atoms with Crippen LogP contribution in [-0.4, -0.2) is 61.4 Å². The Morgan fingerprint density at radius 2 is 1.68 bits per heavy atom. The minimum absolute atomic E-state index is 0.0204. The fraction of sp³-hybridized carbons (Fsp3) is 0.591. The standard InChI is InChI=1S/C22H31N5O4/c28-20(24-18-7-4-8-19(15-18)27-13-14-31-22(27)30)23-17-9-11-26(12-10-17)21(29)25-16-5-2-1-3-6-16/h4,7-8,15-17H,1-3,5-6,9-14H2,(H,25,29)(H2,23,24,28). The van der Waals surface area contributed by atoms with Crippen molar-refractivity contribution in [2.45, 2.75) is 57.0 Å². The van der Waals surface area contributed by atoms with Crippen LogP contribution < -0.4 is 20.9 Å². The molecule has 1 aliphatic carbocycles. The van der Waals surface area contributed by atoms with Gasteiger partial charge in [-0.05, 0) is 43.9 Å². The van der Waals surface area contributed by atoms with E-state index in [1.54, 1.807) is 18.2 Å². The monoisotopic (exact) mass is 429 g/mol. The number of nitrogens with one attached hydrogen (secondary N) is 3. The average Bonchev–Trinajstić information content (AvgIpc) is 3.21. The fourth-order valence-electron chi connectivity index (χ4n) is 4.47. The molecule has 9 heteroatoms. The van der Waals surface area contributed by atoms with Crippen molar-refractivity contribution in [3.05, 3.63) is 24.3 Å². The van der Waals surface area contributed by atoms with Gasteiger partial charge in [-0.1, -0.05) is 25.3 Å². The Morgan fingerprint density at radius 3 is 2.39 bits per heavy atom. The van der Waals surface area contributed by atoms with E-state index in [4.69, 9.17) is 4.74 Å². The first-order valence-corrected chi connectivity index (χ1v) is 11.3. The number of benzene rings is 1. The Bertz CT molecular complexity index is 803. The van der Waals surface area contributed by atoms with Crippen LogP contribution in [0, 0.1) is 0 Å². The van der Waals surface area contributed by atoms with E-state index < -0.39 is 0 Å². The van der Waals surface area contributed by atoms with Crippen LogP contribution in [0.25, 0.3) is 0 Å². The number of likely N-dealkylation sites (tertiary alicyclic amines) is 1. The molecular formula is C22H31N5O4. The van der Waals surface area contributed by atoms with Crippen molar-refractivity contribution in [2.24, 2.45) is 0 Å². The third kappa shape index (κ3) is 5.59. The lowest BCUT2D eigenvalue weighted by atomic mass is 9.95. The highest BCUT2D eigenvalue weighted by Gasteiger charge is 2.26. The lowest BCUT2D eigenvalue weighted by Gasteiger charge is -2.34.